The zero-order chi connectivity index (χ0) is 14.7. The van der Waals surface area contributed by atoms with Gasteiger partial charge >= 0.3 is 5.82 Å². The monoisotopic (exact) mass is 281 g/mol. The van der Waals surface area contributed by atoms with Crippen molar-refractivity contribution in [1.82, 2.24) is 19.8 Å². The summed E-state index contributed by atoms with van der Waals surface area (Å²) >= 11 is 0. The van der Waals surface area contributed by atoms with E-state index in [-0.39, 0.29) is 17.8 Å². The van der Waals surface area contributed by atoms with E-state index in [4.69, 9.17) is 0 Å². The predicted molar refractivity (Wildman–Crippen MR) is 72.3 cm³/mol. The number of nitrogens with zero attached hydrogens (tertiary/aromatic N) is 4. The summed E-state index contributed by atoms with van der Waals surface area (Å²) in [6, 6.07) is 0.189. The lowest BCUT2D eigenvalue weighted by atomic mass is 10.2. The number of imidazole rings is 1. The highest BCUT2D eigenvalue weighted by atomic mass is 16.6. The van der Waals surface area contributed by atoms with Crippen molar-refractivity contribution in [3.05, 3.63) is 22.1 Å². The standard InChI is InChI=1S/C12H19N5O3/c1-9-7-13-4-6-16(9)12(18)3-5-15-8-11(17(19)20)14-10(15)2/h8-9,13H,3-7H2,1-2H3/t9-/m1/s1. The van der Waals surface area contributed by atoms with Gasteiger partial charge in [-0.15, -0.1) is 0 Å². The normalized spacial score (nSPS) is 19.1. The first-order valence-corrected chi connectivity index (χ1v) is 6.67. The van der Waals surface area contributed by atoms with Crippen molar-refractivity contribution >= 4 is 11.7 Å². The van der Waals surface area contributed by atoms with Gasteiger partial charge in [0.2, 0.25) is 11.7 Å². The molecule has 2 heterocycles. The third kappa shape index (κ3) is 3.13. The van der Waals surface area contributed by atoms with E-state index in [2.05, 4.69) is 10.3 Å². The van der Waals surface area contributed by atoms with E-state index in [9.17, 15) is 14.9 Å². The maximum atomic E-state index is 12.2. The highest BCUT2D eigenvalue weighted by molar-refractivity contribution is 5.76. The van der Waals surface area contributed by atoms with Gasteiger partial charge in [-0.3, -0.25) is 4.79 Å². The molecule has 0 spiro atoms. The molecule has 110 valence electrons. The Morgan fingerprint density at radius 3 is 3.00 bits per heavy atom. The largest absolute Gasteiger partial charge is 0.381 e. The molecule has 0 aliphatic carbocycles. The molecule has 1 aromatic rings. The maximum absolute atomic E-state index is 12.2. The minimum Gasteiger partial charge on any atom is -0.358 e. The molecule has 20 heavy (non-hydrogen) atoms. The second kappa shape index (κ2) is 6.00. The summed E-state index contributed by atoms with van der Waals surface area (Å²) < 4.78 is 1.66. The van der Waals surface area contributed by atoms with Crippen LogP contribution in [0.15, 0.2) is 6.20 Å². The molecule has 1 fully saturated rings. The van der Waals surface area contributed by atoms with Crippen molar-refractivity contribution in [2.45, 2.75) is 32.9 Å². The molecule has 0 bridgehead atoms. The second-order valence-corrected chi connectivity index (χ2v) is 4.99. The lowest BCUT2D eigenvalue weighted by molar-refractivity contribution is -0.389. The average molecular weight is 281 g/mol. The number of rotatable bonds is 4. The number of nitrogens with one attached hydrogen (secondary N) is 1. The fraction of sp³-hybridized carbons (Fsp3) is 0.667. The van der Waals surface area contributed by atoms with Crippen molar-refractivity contribution < 1.29 is 9.72 Å². The van der Waals surface area contributed by atoms with Crippen LogP contribution in [0.5, 0.6) is 0 Å². The van der Waals surface area contributed by atoms with Gasteiger partial charge in [0, 0.05) is 45.6 Å². The molecule has 8 nitrogen and oxygen atoms in total. The summed E-state index contributed by atoms with van der Waals surface area (Å²) in [6.07, 6.45) is 1.71. The van der Waals surface area contributed by atoms with Crippen LogP contribution in [-0.2, 0) is 11.3 Å². The first-order chi connectivity index (χ1) is 9.49. The van der Waals surface area contributed by atoms with Crippen LogP contribution in [0.2, 0.25) is 0 Å². The van der Waals surface area contributed by atoms with Crippen LogP contribution >= 0.6 is 0 Å². The lowest BCUT2D eigenvalue weighted by Gasteiger charge is -2.34. The average Bonchev–Trinajstić information content (AvgIpc) is 2.78. The molecule has 1 atom stereocenters. The zero-order valence-electron chi connectivity index (χ0n) is 11.7. The van der Waals surface area contributed by atoms with Gasteiger partial charge in [0.25, 0.3) is 0 Å². The summed E-state index contributed by atoms with van der Waals surface area (Å²) in [7, 11) is 0. The van der Waals surface area contributed by atoms with Crippen LogP contribution in [-0.4, -0.2) is 51.0 Å². The van der Waals surface area contributed by atoms with Crippen molar-refractivity contribution in [2.24, 2.45) is 0 Å². The molecule has 1 aliphatic heterocycles. The third-order valence-corrected chi connectivity index (χ3v) is 3.54. The van der Waals surface area contributed by atoms with Crippen LogP contribution < -0.4 is 5.32 Å². The minimum atomic E-state index is -0.524. The molecule has 0 saturated carbocycles. The number of hydrogen-bond acceptors (Lipinski definition) is 5. The fourth-order valence-electron chi connectivity index (χ4n) is 2.38. The minimum absolute atomic E-state index is 0.0785. The Bertz CT molecular complexity index is 513. The number of hydrogen-bond donors (Lipinski definition) is 1. The molecule has 1 amide bonds. The van der Waals surface area contributed by atoms with Crippen molar-refractivity contribution in [2.75, 3.05) is 19.6 Å². The van der Waals surface area contributed by atoms with Gasteiger partial charge in [0.15, 0.2) is 0 Å². The Morgan fingerprint density at radius 1 is 1.65 bits per heavy atom. The number of carbonyl (C=O) groups excluding carboxylic acids is 1. The molecular formula is C12H19N5O3. The van der Waals surface area contributed by atoms with Gasteiger partial charge < -0.3 is 24.9 Å². The molecule has 8 heteroatoms. The number of amides is 1. The van der Waals surface area contributed by atoms with E-state index >= 15 is 0 Å². The summed E-state index contributed by atoms with van der Waals surface area (Å²) in [4.78, 5) is 28.0. The number of nitro groups is 1. The van der Waals surface area contributed by atoms with Gasteiger partial charge in [0.05, 0.1) is 0 Å². The van der Waals surface area contributed by atoms with Crippen LogP contribution in [0.4, 0.5) is 5.82 Å². The predicted octanol–water partition coefficient (Wildman–Crippen LogP) is 0.310. The van der Waals surface area contributed by atoms with Crippen LogP contribution in [0, 0.1) is 17.0 Å². The topological polar surface area (TPSA) is 93.3 Å². The molecule has 1 aromatic heterocycles. The smallest absolute Gasteiger partial charge is 0.358 e. The molecule has 0 aromatic carbocycles. The van der Waals surface area contributed by atoms with Gasteiger partial charge in [-0.25, -0.2) is 0 Å². The van der Waals surface area contributed by atoms with Gasteiger partial charge in [-0.05, 0) is 16.8 Å². The Hall–Kier alpha value is -1.96. The summed E-state index contributed by atoms with van der Waals surface area (Å²) in [6.45, 7) is 6.46. The van der Waals surface area contributed by atoms with Crippen LogP contribution in [0.25, 0.3) is 0 Å². The highest BCUT2D eigenvalue weighted by Crippen LogP contribution is 2.12. The SMILES string of the molecule is Cc1nc([N+](=O)[O-])cn1CCC(=O)N1CCNC[C@H]1C. The summed E-state index contributed by atoms with van der Waals surface area (Å²) in [5, 5.41) is 13.9. The Labute approximate surface area is 116 Å². The number of aromatic nitrogens is 2. The molecule has 0 unspecified atom stereocenters. The van der Waals surface area contributed by atoms with Crippen molar-refractivity contribution in [3.63, 3.8) is 0 Å². The fourth-order valence-corrected chi connectivity index (χ4v) is 2.38. The number of aryl methyl sites for hydroxylation is 2. The Morgan fingerprint density at radius 2 is 2.40 bits per heavy atom. The van der Waals surface area contributed by atoms with E-state index < -0.39 is 4.92 Å². The van der Waals surface area contributed by atoms with Gasteiger partial charge in [-0.1, -0.05) is 0 Å². The van der Waals surface area contributed by atoms with Gasteiger partial charge in [-0.2, -0.15) is 0 Å². The maximum Gasteiger partial charge on any atom is 0.381 e. The zero-order valence-corrected chi connectivity index (χ0v) is 11.7. The van der Waals surface area contributed by atoms with Crippen molar-refractivity contribution in [3.8, 4) is 0 Å². The van der Waals surface area contributed by atoms with E-state index in [0.29, 0.717) is 25.3 Å². The second-order valence-electron chi connectivity index (χ2n) is 4.99. The molecule has 2 rings (SSSR count). The lowest BCUT2D eigenvalue weighted by Crippen LogP contribution is -2.52. The summed E-state index contributed by atoms with van der Waals surface area (Å²) in [5.74, 6) is 0.457. The first-order valence-electron chi connectivity index (χ1n) is 6.67. The van der Waals surface area contributed by atoms with Gasteiger partial charge in [0.1, 0.15) is 6.20 Å². The first kappa shape index (κ1) is 14.4. The number of piperazine rings is 1. The Balaban J connectivity index is 1.94. The number of carbonyl (C=O) groups is 1. The molecule has 1 saturated heterocycles. The molecule has 1 aliphatic rings. The third-order valence-electron chi connectivity index (χ3n) is 3.54. The molecule has 0 radical (unpaired) electrons. The summed E-state index contributed by atoms with van der Waals surface area (Å²) in [5.41, 5.74) is 0. The molecular weight excluding hydrogens is 262 g/mol. The van der Waals surface area contributed by atoms with E-state index in [1.54, 1.807) is 11.5 Å². The Kier molecular flexibility index (Phi) is 4.33. The van der Waals surface area contributed by atoms with Crippen LogP contribution in [0.3, 0.4) is 0 Å². The quantitative estimate of drug-likeness (QED) is 0.633. The van der Waals surface area contributed by atoms with E-state index in [1.807, 2.05) is 11.8 Å². The van der Waals surface area contributed by atoms with E-state index in [1.165, 1.54) is 6.20 Å². The highest BCUT2D eigenvalue weighted by Gasteiger charge is 2.23. The van der Waals surface area contributed by atoms with Crippen LogP contribution in [0.1, 0.15) is 19.2 Å². The molecule has 1 N–H and O–H groups in total. The van der Waals surface area contributed by atoms with Crippen molar-refractivity contribution in [1.29, 1.82) is 0 Å². The van der Waals surface area contributed by atoms with E-state index in [0.717, 1.165) is 13.1 Å².